The third-order valence-corrected chi connectivity index (χ3v) is 8.96. The molecule has 208 valence electrons. The van der Waals surface area contributed by atoms with Crippen molar-refractivity contribution in [2.45, 2.75) is 57.6 Å². The molecule has 0 radical (unpaired) electrons. The minimum absolute atomic E-state index is 0.0401. The number of rotatable bonds is 11. The Morgan fingerprint density at radius 2 is 1.69 bits per heavy atom. The monoisotopic (exact) mass is 633 g/mol. The summed E-state index contributed by atoms with van der Waals surface area (Å²) >= 11 is 9.71. The Morgan fingerprint density at radius 1 is 1.00 bits per heavy atom. The molecule has 1 N–H and O–H groups in total. The molecule has 7 nitrogen and oxygen atoms in total. The summed E-state index contributed by atoms with van der Waals surface area (Å²) in [5.74, 6) is -0.843. The first-order valence-electron chi connectivity index (χ1n) is 12.6. The summed E-state index contributed by atoms with van der Waals surface area (Å²) in [5, 5.41) is 3.26. The molecule has 0 unspecified atom stereocenters. The molecule has 0 aliphatic carbocycles. The maximum absolute atomic E-state index is 14.0. The molecular formula is C29H33BrClN3O4S. The SMILES string of the molecule is CC[C@@H](C)NC(=O)[C@@H](C)N(Cc1cccc(Br)c1)C(=O)CN(c1cc(Cl)ccc1C)S(=O)(=O)c1ccccc1. The summed E-state index contributed by atoms with van der Waals surface area (Å²) in [6.45, 7) is 6.84. The lowest BCUT2D eigenvalue weighted by Crippen LogP contribution is -2.52. The number of aryl methyl sites for hydroxylation is 1. The second-order valence-corrected chi connectivity index (χ2v) is 12.6. The fraction of sp³-hybridized carbons (Fsp3) is 0.310. The molecule has 0 fully saturated rings. The van der Waals surface area contributed by atoms with E-state index in [1.165, 1.54) is 23.1 Å². The Balaban J connectivity index is 2.06. The van der Waals surface area contributed by atoms with E-state index in [1.807, 2.05) is 38.1 Å². The second kappa shape index (κ2) is 13.5. The van der Waals surface area contributed by atoms with Crippen LogP contribution in [0, 0.1) is 6.92 Å². The van der Waals surface area contributed by atoms with Gasteiger partial charge in [0.05, 0.1) is 10.6 Å². The normalized spacial score (nSPS) is 12.9. The number of nitrogens with one attached hydrogen (secondary N) is 1. The predicted molar refractivity (Wildman–Crippen MR) is 159 cm³/mol. The van der Waals surface area contributed by atoms with Crippen LogP contribution in [-0.4, -0.2) is 43.8 Å². The van der Waals surface area contributed by atoms with Crippen LogP contribution in [0.1, 0.15) is 38.3 Å². The predicted octanol–water partition coefficient (Wildman–Crippen LogP) is 5.94. The number of hydrogen-bond acceptors (Lipinski definition) is 4. The van der Waals surface area contributed by atoms with Crippen molar-refractivity contribution in [3.63, 3.8) is 0 Å². The minimum atomic E-state index is -4.15. The van der Waals surface area contributed by atoms with E-state index in [4.69, 9.17) is 11.6 Å². The molecule has 0 bridgehead atoms. The number of benzene rings is 3. The van der Waals surface area contributed by atoms with Crippen molar-refractivity contribution in [2.24, 2.45) is 0 Å². The van der Waals surface area contributed by atoms with Crippen molar-refractivity contribution < 1.29 is 18.0 Å². The summed E-state index contributed by atoms with van der Waals surface area (Å²) in [6, 6.07) is 19.3. The smallest absolute Gasteiger partial charge is 0.264 e. The average Bonchev–Trinajstić information content (AvgIpc) is 2.91. The van der Waals surface area contributed by atoms with Crippen LogP contribution in [0.4, 0.5) is 5.69 Å². The van der Waals surface area contributed by atoms with Crippen molar-refractivity contribution in [3.8, 4) is 0 Å². The van der Waals surface area contributed by atoms with Gasteiger partial charge in [0.2, 0.25) is 11.8 Å². The molecule has 0 saturated heterocycles. The number of carbonyl (C=O) groups is 2. The van der Waals surface area contributed by atoms with Crippen LogP contribution in [0.5, 0.6) is 0 Å². The molecule has 0 heterocycles. The lowest BCUT2D eigenvalue weighted by molar-refractivity contribution is -0.139. The van der Waals surface area contributed by atoms with Crippen LogP contribution in [0.15, 0.2) is 82.2 Å². The molecule has 0 aliphatic heterocycles. The number of anilines is 1. The standard InChI is InChI=1S/C29H33BrClN3O4S/c1-5-21(3)32-29(36)22(4)33(18-23-10-9-11-24(30)16-23)28(35)19-34(27-17-25(31)15-14-20(27)2)39(37,38)26-12-7-6-8-13-26/h6-17,21-22H,5,18-19H2,1-4H3,(H,32,36)/t21-,22-/m1/s1. The zero-order valence-electron chi connectivity index (χ0n) is 22.4. The van der Waals surface area contributed by atoms with Crippen molar-refractivity contribution in [1.29, 1.82) is 0 Å². The average molecular weight is 635 g/mol. The van der Waals surface area contributed by atoms with Crippen molar-refractivity contribution in [3.05, 3.63) is 93.4 Å². The zero-order chi connectivity index (χ0) is 28.7. The van der Waals surface area contributed by atoms with Crippen LogP contribution in [-0.2, 0) is 26.2 Å². The van der Waals surface area contributed by atoms with E-state index in [0.29, 0.717) is 16.3 Å². The topological polar surface area (TPSA) is 86.8 Å². The van der Waals surface area contributed by atoms with Gasteiger partial charge in [-0.25, -0.2) is 8.42 Å². The molecule has 10 heteroatoms. The van der Waals surface area contributed by atoms with E-state index in [9.17, 15) is 18.0 Å². The summed E-state index contributed by atoms with van der Waals surface area (Å²) < 4.78 is 29.6. The van der Waals surface area contributed by atoms with Crippen molar-refractivity contribution in [2.75, 3.05) is 10.8 Å². The van der Waals surface area contributed by atoms with Gasteiger partial charge in [0.25, 0.3) is 10.0 Å². The van der Waals surface area contributed by atoms with Gasteiger partial charge in [-0.2, -0.15) is 0 Å². The van der Waals surface area contributed by atoms with E-state index >= 15 is 0 Å². The van der Waals surface area contributed by atoms with E-state index in [0.717, 1.165) is 20.8 Å². The van der Waals surface area contributed by atoms with E-state index in [-0.39, 0.29) is 23.4 Å². The quantitative estimate of drug-likeness (QED) is 0.283. The number of sulfonamides is 1. The van der Waals surface area contributed by atoms with Gasteiger partial charge in [-0.05, 0) is 74.7 Å². The largest absolute Gasteiger partial charge is 0.352 e. The highest BCUT2D eigenvalue weighted by Gasteiger charge is 2.33. The van der Waals surface area contributed by atoms with Crippen molar-refractivity contribution >= 4 is 55.1 Å². The molecule has 0 saturated carbocycles. The number of halogens is 2. The number of carbonyl (C=O) groups excluding carboxylic acids is 2. The van der Waals surface area contributed by atoms with Gasteiger partial charge >= 0.3 is 0 Å². The van der Waals surface area contributed by atoms with E-state index in [1.54, 1.807) is 44.2 Å². The third-order valence-electron chi connectivity index (χ3n) is 6.46. The maximum atomic E-state index is 14.0. The first-order valence-corrected chi connectivity index (χ1v) is 15.2. The lowest BCUT2D eigenvalue weighted by atomic mass is 10.1. The fourth-order valence-corrected chi connectivity index (χ4v) is 6.07. The van der Waals surface area contributed by atoms with Gasteiger partial charge < -0.3 is 10.2 Å². The molecule has 0 spiro atoms. The highest BCUT2D eigenvalue weighted by atomic mass is 79.9. The first-order chi connectivity index (χ1) is 18.4. The summed E-state index contributed by atoms with van der Waals surface area (Å²) in [4.78, 5) is 28.6. The van der Waals surface area contributed by atoms with Crippen LogP contribution in [0.25, 0.3) is 0 Å². The Bertz CT molecular complexity index is 1420. The van der Waals surface area contributed by atoms with Crippen LogP contribution >= 0.6 is 27.5 Å². The first kappa shape index (κ1) is 30.7. The van der Waals surface area contributed by atoms with E-state index in [2.05, 4.69) is 21.2 Å². The molecule has 3 aromatic carbocycles. The van der Waals surface area contributed by atoms with Gasteiger partial charge in [0.1, 0.15) is 12.6 Å². The Hall–Kier alpha value is -2.88. The molecule has 2 atom stereocenters. The molecule has 3 rings (SSSR count). The number of nitrogens with zero attached hydrogens (tertiary/aromatic N) is 2. The van der Waals surface area contributed by atoms with Crippen LogP contribution in [0.3, 0.4) is 0 Å². The molecular weight excluding hydrogens is 602 g/mol. The Kier molecular flexibility index (Phi) is 10.6. The summed E-state index contributed by atoms with van der Waals surface area (Å²) in [7, 11) is -4.15. The van der Waals surface area contributed by atoms with Gasteiger partial charge in [-0.1, -0.05) is 70.9 Å². The number of amides is 2. The lowest BCUT2D eigenvalue weighted by Gasteiger charge is -2.33. The van der Waals surface area contributed by atoms with E-state index < -0.39 is 28.5 Å². The molecule has 2 amide bonds. The van der Waals surface area contributed by atoms with Crippen LogP contribution in [0.2, 0.25) is 5.02 Å². The second-order valence-electron chi connectivity index (χ2n) is 9.40. The maximum Gasteiger partial charge on any atom is 0.264 e. The summed E-state index contributed by atoms with van der Waals surface area (Å²) in [6.07, 6.45) is 0.731. The molecule has 0 aliphatic rings. The third kappa shape index (κ3) is 7.84. The fourth-order valence-electron chi connectivity index (χ4n) is 3.96. The van der Waals surface area contributed by atoms with Gasteiger partial charge in [0, 0.05) is 22.1 Å². The molecule has 0 aromatic heterocycles. The molecule has 39 heavy (non-hydrogen) atoms. The van der Waals surface area contributed by atoms with Gasteiger partial charge in [-0.15, -0.1) is 0 Å². The Morgan fingerprint density at radius 3 is 2.33 bits per heavy atom. The van der Waals surface area contributed by atoms with Gasteiger partial charge in [0.15, 0.2) is 0 Å². The minimum Gasteiger partial charge on any atom is -0.352 e. The zero-order valence-corrected chi connectivity index (χ0v) is 25.6. The van der Waals surface area contributed by atoms with Crippen LogP contribution < -0.4 is 9.62 Å². The van der Waals surface area contributed by atoms with Gasteiger partial charge in [-0.3, -0.25) is 13.9 Å². The Labute approximate surface area is 244 Å². The summed E-state index contributed by atoms with van der Waals surface area (Å²) in [5.41, 5.74) is 1.71. The highest BCUT2D eigenvalue weighted by Crippen LogP contribution is 2.30. The molecule has 3 aromatic rings. The van der Waals surface area contributed by atoms with Crippen molar-refractivity contribution in [1.82, 2.24) is 10.2 Å². The number of hydrogen-bond donors (Lipinski definition) is 1. The highest BCUT2D eigenvalue weighted by molar-refractivity contribution is 9.10.